The third-order valence-corrected chi connectivity index (χ3v) is 7.57. The molecule has 0 aliphatic carbocycles. The Morgan fingerprint density at radius 1 is 0.714 bits per heavy atom. The minimum atomic E-state index is -1.64. The number of carbonyl (C=O) groups excluding carboxylic acids is 6. The fourth-order valence-corrected chi connectivity index (χ4v) is 5.93. The minimum absolute atomic E-state index is 0.208. The Morgan fingerprint density at radius 3 is 1.76 bits per heavy atom. The second-order valence-electron chi connectivity index (χ2n) is 11.4. The summed E-state index contributed by atoms with van der Waals surface area (Å²) in [4.78, 5) is 79.7. The zero-order chi connectivity index (χ0) is 35.8. The molecule has 2 aromatic rings. The van der Waals surface area contributed by atoms with Gasteiger partial charge in [0.05, 0.1) is 12.5 Å². The van der Waals surface area contributed by atoms with Crippen molar-refractivity contribution in [3.05, 3.63) is 48.0 Å². The van der Waals surface area contributed by atoms with E-state index in [1.54, 1.807) is 36.7 Å². The van der Waals surface area contributed by atoms with Crippen LogP contribution in [0, 0.1) is 0 Å². The average molecular weight is 693 g/mol. The highest BCUT2D eigenvalue weighted by Crippen LogP contribution is 2.38. The fourth-order valence-electron chi connectivity index (χ4n) is 5.93. The van der Waals surface area contributed by atoms with Crippen molar-refractivity contribution in [3.63, 3.8) is 0 Å². The lowest BCUT2D eigenvalue weighted by Crippen LogP contribution is -2.64. The van der Waals surface area contributed by atoms with E-state index in [1.807, 2.05) is 0 Å². The number of ether oxygens (including phenoxy) is 9. The Bertz CT molecular complexity index is 1420. The van der Waals surface area contributed by atoms with Crippen LogP contribution in [0.3, 0.4) is 0 Å². The molecule has 4 rings (SSSR count). The number of nitrogens with one attached hydrogen (secondary N) is 2. The number of aromatic amines is 2. The van der Waals surface area contributed by atoms with Gasteiger partial charge in [-0.2, -0.15) is 0 Å². The van der Waals surface area contributed by atoms with E-state index in [2.05, 4.69) is 9.97 Å². The lowest BCUT2D eigenvalue weighted by atomic mass is 9.88. The summed E-state index contributed by atoms with van der Waals surface area (Å²) in [5.41, 5.74) is 1.28. The van der Waals surface area contributed by atoms with Gasteiger partial charge < -0.3 is 52.6 Å². The first-order chi connectivity index (χ1) is 23.2. The number of H-pyrrole nitrogens is 2. The van der Waals surface area contributed by atoms with Gasteiger partial charge >= 0.3 is 35.8 Å². The highest BCUT2D eigenvalue weighted by molar-refractivity contribution is 5.69. The number of carbonyl (C=O) groups is 6. The van der Waals surface area contributed by atoms with Crippen molar-refractivity contribution in [3.8, 4) is 0 Å². The van der Waals surface area contributed by atoms with E-state index in [4.69, 9.17) is 42.6 Å². The number of aromatic nitrogens is 2. The smallest absolute Gasteiger partial charge is 0.303 e. The van der Waals surface area contributed by atoms with Gasteiger partial charge in [0.15, 0.2) is 30.7 Å². The van der Waals surface area contributed by atoms with Crippen LogP contribution >= 0.6 is 0 Å². The van der Waals surface area contributed by atoms with Gasteiger partial charge in [0, 0.05) is 65.3 Å². The minimum Gasteiger partial charge on any atom is -0.463 e. The number of hydrogen-bond acceptors (Lipinski definition) is 15. The molecule has 49 heavy (non-hydrogen) atoms. The van der Waals surface area contributed by atoms with Crippen molar-refractivity contribution in [2.45, 2.75) is 103 Å². The van der Waals surface area contributed by atoms with Gasteiger partial charge in [-0.15, -0.1) is 0 Å². The van der Waals surface area contributed by atoms with E-state index in [1.165, 1.54) is 13.8 Å². The summed E-state index contributed by atoms with van der Waals surface area (Å²) in [6, 6.07) is 7.10. The predicted octanol–water partition coefficient (Wildman–Crippen LogP) is 1.21. The molecule has 0 radical (unpaired) electrons. The maximum Gasteiger partial charge on any atom is 0.303 e. The number of hydrogen-bond donors (Lipinski definition) is 2. The van der Waals surface area contributed by atoms with Crippen LogP contribution in [0.15, 0.2) is 36.7 Å². The van der Waals surface area contributed by atoms with Crippen LogP contribution < -0.4 is 0 Å². The third kappa shape index (κ3) is 9.67. The Hall–Kier alpha value is -4.74. The summed E-state index contributed by atoms with van der Waals surface area (Å²) < 4.78 is 51.9. The molecular formula is C32H40N2O15. The summed E-state index contributed by atoms with van der Waals surface area (Å²) in [7, 11) is 0. The lowest BCUT2D eigenvalue weighted by Gasteiger charge is -2.45. The molecule has 2 aliphatic rings. The third-order valence-electron chi connectivity index (χ3n) is 7.57. The van der Waals surface area contributed by atoms with Gasteiger partial charge in [0.1, 0.15) is 31.0 Å². The highest BCUT2D eigenvalue weighted by Gasteiger charge is 2.57. The zero-order valence-corrected chi connectivity index (χ0v) is 27.8. The summed E-state index contributed by atoms with van der Waals surface area (Å²) in [6.07, 6.45) is -8.75. The summed E-state index contributed by atoms with van der Waals surface area (Å²) in [5, 5.41) is 0. The Morgan fingerprint density at radius 2 is 1.27 bits per heavy atom. The first-order valence-electron chi connectivity index (χ1n) is 15.4. The SMILES string of the molecule is CC(=O)OC[C@H]1O[C@@H](O[C@H]2[C@H]([C@H](OC(C)=O)C(c3ccc[nH]3)c3ccc[nH]3)OC[C@@H]2OC(C)=O)[C@H](OC(C)=O)[C@@H](OC(C)=O)[C@H]1OC(C)=O. The van der Waals surface area contributed by atoms with Crippen molar-refractivity contribution >= 4 is 35.8 Å². The van der Waals surface area contributed by atoms with Gasteiger partial charge in [-0.3, -0.25) is 28.8 Å². The highest BCUT2D eigenvalue weighted by atomic mass is 16.8. The van der Waals surface area contributed by atoms with E-state index < -0.39 is 103 Å². The standard InChI is InChI=1S/C32H40N2O15/c1-15(35)41-13-24-27(44-17(3)37)30(46-19(5)39)31(47-20(6)40)32(48-24)49-26-23(43-16(2)36)14-42-29(26)28(45-18(4)38)25(21-9-7-11-33-21)22-10-8-12-34-22/h7-12,23-34H,13-14H2,1-6H3/t23-,24+,26+,27-,28+,29+,30-,31+,32-/m0/s1. The molecule has 0 unspecified atom stereocenters. The predicted molar refractivity (Wildman–Crippen MR) is 161 cm³/mol. The van der Waals surface area contributed by atoms with Crippen LogP contribution in [0.25, 0.3) is 0 Å². The van der Waals surface area contributed by atoms with Crippen LogP contribution in [0.1, 0.15) is 58.8 Å². The first kappa shape index (κ1) is 37.1. The molecule has 2 N–H and O–H groups in total. The molecule has 17 nitrogen and oxygen atoms in total. The van der Waals surface area contributed by atoms with Gasteiger partial charge in [0.2, 0.25) is 0 Å². The topological polar surface area (TPSA) is 217 Å². The van der Waals surface area contributed by atoms with Gasteiger partial charge in [-0.05, 0) is 24.3 Å². The van der Waals surface area contributed by atoms with Crippen LogP contribution in [0.4, 0.5) is 0 Å². The van der Waals surface area contributed by atoms with Crippen LogP contribution in [0.2, 0.25) is 0 Å². The van der Waals surface area contributed by atoms with E-state index in [-0.39, 0.29) is 6.61 Å². The molecule has 17 heteroatoms. The number of rotatable bonds is 13. The van der Waals surface area contributed by atoms with Crippen molar-refractivity contribution in [1.29, 1.82) is 0 Å². The molecule has 2 saturated heterocycles. The Labute approximate surface area is 281 Å². The maximum atomic E-state index is 12.6. The number of esters is 6. The summed E-state index contributed by atoms with van der Waals surface area (Å²) >= 11 is 0. The molecule has 2 aromatic heterocycles. The molecule has 0 aromatic carbocycles. The second-order valence-corrected chi connectivity index (χ2v) is 11.4. The average Bonchev–Trinajstić information content (AvgIpc) is 3.78. The van der Waals surface area contributed by atoms with Crippen LogP contribution in [-0.4, -0.2) is 114 Å². The summed E-state index contributed by atoms with van der Waals surface area (Å²) in [6.45, 7) is 6.13. The molecule has 268 valence electrons. The van der Waals surface area contributed by atoms with Crippen molar-refractivity contribution in [1.82, 2.24) is 9.97 Å². The van der Waals surface area contributed by atoms with E-state index in [0.29, 0.717) is 11.4 Å². The maximum absolute atomic E-state index is 12.6. The molecule has 0 saturated carbocycles. The quantitative estimate of drug-likeness (QED) is 0.223. The second kappa shape index (κ2) is 16.6. The molecule has 9 atom stereocenters. The van der Waals surface area contributed by atoms with Gasteiger partial charge in [0.25, 0.3) is 0 Å². The molecular weight excluding hydrogens is 652 g/mol. The fraction of sp³-hybridized carbons (Fsp3) is 0.562. The van der Waals surface area contributed by atoms with E-state index in [0.717, 1.165) is 27.7 Å². The Balaban J connectivity index is 1.81. The van der Waals surface area contributed by atoms with Crippen molar-refractivity contribution in [2.75, 3.05) is 13.2 Å². The van der Waals surface area contributed by atoms with Crippen LogP contribution in [-0.2, 0) is 71.4 Å². The first-order valence-corrected chi connectivity index (χ1v) is 15.4. The molecule has 0 amide bonds. The van der Waals surface area contributed by atoms with E-state index in [9.17, 15) is 28.8 Å². The van der Waals surface area contributed by atoms with Crippen molar-refractivity contribution < 1.29 is 71.4 Å². The molecule has 0 spiro atoms. The molecule has 4 heterocycles. The molecule has 0 bridgehead atoms. The van der Waals surface area contributed by atoms with E-state index >= 15 is 0 Å². The normalized spacial score (nSPS) is 27.1. The van der Waals surface area contributed by atoms with Crippen LogP contribution in [0.5, 0.6) is 0 Å². The van der Waals surface area contributed by atoms with Crippen molar-refractivity contribution in [2.24, 2.45) is 0 Å². The molecule has 2 fully saturated rings. The summed E-state index contributed by atoms with van der Waals surface area (Å²) in [5.74, 6) is -5.19. The molecule has 2 aliphatic heterocycles. The zero-order valence-electron chi connectivity index (χ0n) is 27.8. The lowest BCUT2D eigenvalue weighted by molar-refractivity contribution is -0.324. The monoisotopic (exact) mass is 692 g/mol. The van der Waals surface area contributed by atoms with Gasteiger partial charge in [-0.25, -0.2) is 0 Å². The Kier molecular flexibility index (Phi) is 12.5. The largest absolute Gasteiger partial charge is 0.463 e. The van der Waals surface area contributed by atoms with Gasteiger partial charge in [-0.1, -0.05) is 0 Å².